The third kappa shape index (κ3) is 3.37. The van der Waals surface area contributed by atoms with Gasteiger partial charge in [-0.3, -0.25) is 4.57 Å². The summed E-state index contributed by atoms with van der Waals surface area (Å²) in [6.45, 7) is 2.87. The van der Waals surface area contributed by atoms with Gasteiger partial charge in [0.2, 0.25) is 0 Å². The summed E-state index contributed by atoms with van der Waals surface area (Å²) in [6.07, 6.45) is 3.96. The van der Waals surface area contributed by atoms with Crippen molar-refractivity contribution in [1.29, 1.82) is 0 Å². The van der Waals surface area contributed by atoms with Crippen molar-refractivity contribution in [3.63, 3.8) is 0 Å². The first-order valence-electron chi connectivity index (χ1n) is 7.89. The summed E-state index contributed by atoms with van der Waals surface area (Å²) in [5, 5.41) is 10.2. The molecule has 1 N–H and O–H groups in total. The Morgan fingerprint density at radius 1 is 1.46 bits per heavy atom. The average molecular weight is 334 g/mol. The third-order valence-electron chi connectivity index (χ3n) is 3.75. The zero-order valence-electron chi connectivity index (χ0n) is 14.0. The fourth-order valence-corrected chi connectivity index (χ4v) is 2.58. The molecule has 0 spiro atoms. The van der Waals surface area contributed by atoms with Crippen molar-refractivity contribution in [2.45, 2.75) is 31.8 Å². The minimum atomic E-state index is -0.577. The molecule has 2 aromatic heterocycles. The largest absolute Gasteiger partial charge is 0.390 e. The van der Waals surface area contributed by atoms with Gasteiger partial charge in [-0.05, 0) is 6.92 Å². The molecule has 3 atom stereocenters. The van der Waals surface area contributed by atoms with E-state index < -0.39 is 6.10 Å². The molecule has 1 saturated heterocycles. The second-order valence-electron chi connectivity index (χ2n) is 5.82. The van der Waals surface area contributed by atoms with Gasteiger partial charge >= 0.3 is 0 Å². The van der Waals surface area contributed by atoms with Gasteiger partial charge in [0, 0.05) is 27.1 Å². The number of aliphatic imine (C=N–C) groups is 1. The molecule has 3 rings (SSSR count). The maximum Gasteiger partial charge on any atom is 0.184 e. The van der Waals surface area contributed by atoms with E-state index in [1.54, 1.807) is 17.2 Å². The average Bonchev–Trinajstić information content (AvgIpc) is 3.14. The van der Waals surface area contributed by atoms with Crippen molar-refractivity contribution < 1.29 is 14.6 Å². The first-order valence-corrected chi connectivity index (χ1v) is 7.89. The normalized spacial score (nSPS) is 24.2. The van der Waals surface area contributed by atoms with E-state index in [0.717, 1.165) is 0 Å². The Bertz CT molecular complexity index is 716. The van der Waals surface area contributed by atoms with E-state index in [4.69, 9.17) is 9.47 Å². The smallest absolute Gasteiger partial charge is 0.184 e. The highest BCUT2D eigenvalue weighted by atomic mass is 16.6. The van der Waals surface area contributed by atoms with Gasteiger partial charge in [0.25, 0.3) is 0 Å². The van der Waals surface area contributed by atoms with Crippen LogP contribution in [0.5, 0.6) is 0 Å². The molecule has 0 radical (unpaired) electrons. The van der Waals surface area contributed by atoms with Crippen molar-refractivity contribution in [3.8, 4) is 0 Å². The van der Waals surface area contributed by atoms with Crippen molar-refractivity contribution in [2.24, 2.45) is 4.99 Å². The SMILES string of the molecule is CCOCC1OC(n2cnc3c(/N=C/N(C)C)ncnc32)CC1O. The van der Waals surface area contributed by atoms with Crippen LogP contribution >= 0.6 is 0 Å². The summed E-state index contributed by atoms with van der Waals surface area (Å²) >= 11 is 0. The van der Waals surface area contributed by atoms with Gasteiger partial charge in [0.05, 0.1) is 25.4 Å². The lowest BCUT2D eigenvalue weighted by molar-refractivity contribution is -0.0594. The topological polar surface area (TPSA) is 97.9 Å². The summed E-state index contributed by atoms with van der Waals surface area (Å²) in [5.41, 5.74) is 1.23. The minimum absolute atomic E-state index is 0.337. The number of hydrogen-bond acceptors (Lipinski definition) is 7. The van der Waals surface area contributed by atoms with Gasteiger partial charge in [0.1, 0.15) is 18.7 Å². The number of fused-ring (bicyclic) bond motifs is 1. The number of aliphatic hydroxyl groups is 1. The van der Waals surface area contributed by atoms with Crippen LogP contribution in [0.15, 0.2) is 17.6 Å². The molecule has 0 aromatic carbocycles. The maximum atomic E-state index is 10.2. The Hall–Kier alpha value is -2.10. The van der Waals surface area contributed by atoms with Crippen molar-refractivity contribution >= 4 is 23.3 Å². The zero-order valence-corrected chi connectivity index (χ0v) is 14.0. The predicted octanol–water partition coefficient (Wildman–Crippen LogP) is 0.733. The first kappa shape index (κ1) is 16.7. The number of nitrogens with zero attached hydrogens (tertiary/aromatic N) is 6. The van der Waals surface area contributed by atoms with Crippen molar-refractivity contribution in [2.75, 3.05) is 27.3 Å². The van der Waals surface area contributed by atoms with Crippen LogP contribution in [0.2, 0.25) is 0 Å². The molecular formula is C15H22N6O3. The van der Waals surface area contributed by atoms with Crippen LogP contribution in [0.4, 0.5) is 5.82 Å². The van der Waals surface area contributed by atoms with E-state index in [1.807, 2.05) is 25.9 Å². The standard InChI is InChI=1S/C15H22N6O3/c1-4-23-6-11-10(22)5-12(24-11)21-9-18-13-14(19-8-20(2)3)16-7-17-15(13)21/h7-12,22H,4-6H2,1-3H3/b19-8+. The Labute approximate surface area is 140 Å². The maximum absolute atomic E-state index is 10.2. The lowest BCUT2D eigenvalue weighted by Gasteiger charge is -2.15. The van der Waals surface area contributed by atoms with E-state index >= 15 is 0 Å². The summed E-state index contributed by atoms with van der Waals surface area (Å²) in [7, 11) is 3.76. The van der Waals surface area contributed by atoms with Crippen molar-refractivity contribution in [3.05, 3.63) is 12.7 Å². The number of rotatable bonds is 6. The Kier molecular flexibility index (Phi) is 5.03. The van der Waals surface area contributed by atoms with Crippen LogP contribution < -0.4 is 0 Å². The van der Waals surface area contributed by atoms with E-state index in [1.165, 1.54) is 6.33 Å². The van der Waals surface area contributed by atoms with E-state index in [9.17, 15) is 5.11 Å². The van der Waals surface area contributed by atoms with Crippen LogP contribution in [0, 0.1) is 0 Å². The van der Waals surface area contributed by atoms with Crippen molar-refractivity contribution in [1.82, 2.24) is 24.4 Å². The summed E-state index contributed by atoms with van der Waals surface area (Å²) in [5.74, 6) is 0.497. The molecule has 0 bridgehead atoms. The number of ether oxygens (including phenoxy) is 2. The Morgan fingerprint density at radius 3 is 3.04 bits per heavy atom. The zero-order chi connectivity index (χ0) is 17.1. The van der Waals surface area contributed by atoms with Crippen LogP contribution in [-0.4, -0.2) is 75.4 Å². The van der Waals surface area contributed by atoms with Crippen LogP contribution in [0.3, 0.4) is 0 Å². The fraction of sp³-hybridized carbons (Fsp3) is 0.600. The Morgan fingerprint density at radius 2 is 2.29 bits per heavy atom. The van der Waals surface area contributed by atoms with Gasteiger partial charge < -0.3 is 19.5 Å². The van der Waals surface area contributed by atoms with E-state index in [0.29, 0.717) is 36.6 Å². The Balaban J connectivity index is 1.85. The molecule has 3 unspecified atom stereocenters. The summed E-state index contributed by atoms with van der Waals surface area (Å²) in [4.78, 5) is 19.0. The minimum Gasteiger partial charge on any atom is -0.390 e. The second kappa shape index (κ2) is 7.20. The van der Waals surface area contributed by atoms with Gasteiger partial charge in [0.15, 0.2) is 17.0 Å². The lowest BCUT2D eigenvalue weighted by Crippen LogP contribution is -2.26. The molecule has 3 heterocycles. The molecule has 130 valence electrons. The number of aromatic nitrogens is 4. The van der Waals surface area contributed by atoms with Gasteiger partial charge in [-0.2, -0.15) is 0 Å². The number of hydrogen-bond donors (Lipinski definition) is 1. The molecule has 24 heavy (non-hydrogen) atoms. The van der Waals surface area contributed by atoms with E-state index in [-0.39, 0.29) is 12.3 Å². The molecular weight excluding hydrogens is 312 g/mol. The molecule has 1 aliphatic heterocycles. The fourth-order valence-electron chi connectivity index (χ4n) is 2.58. The lowest BCUT2D eigenvalue weighted by atomic mass is 10.2. The molecule has 9 nitrogen and oxygen atoms in total. The molecule has 1 aliphatic rings. The number of imidazole rings is 1. The van der Waals surface area contributed by atoms with Crippen LogP contribution in [0.1, 0.15) is 19.6 Å². The van der Waals surface area contributed by atoms with Crippen LogP contribution in [0.25, 0.3) is 11.2 Å². The molecule has 0 aliphatic carbocycles. The summed E-state index contributed by atoms with van der Waals surface area (Å²) in [6, 6.07) is 0. The van der Waals surface area contributed by atoms with Gasteiger partial charge in [-0.25, -0.2) is 19.9 Å². The molecule has 0 saturated carbocycles. The highest BCUT2D eigenvalue weighted by Crippen LogP contribution is 2.32. The number of aliphatic hydroxyl groups excluding tert-OH is 1. The molecule has 9 heteroatoms. The monoisotopic (exact) mass is 334 g/mol. The van der Waals surface area contributed by atoms with E-state index in [2.05, 4.69) is 19.9 Å². The molecule has 1 fully saturated rings. The molecule has 0 amide bonds. The molecule has 2 aromatic rings. The highest BCUT2D eigenvalue weighted by molar-refractivity contribution is 5.82. The second-order valence-corrected chi connectivity index (χ2v) is 5.82. The highest BCUT2D eigenvalue weighted by Gasteiger charge is 2.35. The van der Waals surface area contributed by atoms with Gasteiger partial charge in [-0.15, -0.1) is 0 Å². The predicted molar refractivity (Wildman–Crippen MR) is 88.2 cm³/mol. The summed E-state index contributed by atoms with van der Waals surface area (Å²) < 4.78 is 13.1. The quantitative estimate of drug-likeness (QED) is 0.614. The third-order valence-corrected chi connectivity index (χ3v) is 3.75. The first-order chi connectivity index (χ1) is 11.6. The van der Waals surface area contributed by atoms with Gasteiger partial charge in [-0.1, -0.05) is 0 Å². The van der Waals surface area contributed by atoms with Crippen LogP contribution in [-0.2, 0) is 9.47 Å².